The molecule has 3 heteroatoms. The highest BCUT2D eigenvalue weighted by atomic mass is 16.5. The largest absolute Gasteiger partial charge is 0.381 e. The van der Waals surface area contributed by atoms with Gasteiger partial charge in [0, 0.05) is 37.9 Å². The smallest absolute Gasteiger partial charge is 0.131 e. The van der Waals surface area contributed by atoms with Crippen LogP contribution in [0, 0.1) is 10.8 Å². The quantitative estimate of drug-likeness (QED) is 0.568. The van der Waals surface area contributed by atoms with Crippen LogP contribution in [-0.4, -0.2) is 37.0 Å². The monoisotopic (exact) mass is 276 g/mol. The van der Waals surface area contributed by atoms with Gasteiger partial charge in [-0.3, -0.25) is 0 Å². The zero-order valence-electron chi connectivity index (χ0n) is 13.4. The Balaban J connectivity index is 2.13. The van der Waals surface area contributed by atoms with Crippen LogP contribution in [0.25, 0.3) is 0 Å². The first-order chi connectivity index (χ1) is 9.42. The zero-order chi connectivity index (χ0) is 14.8. The lowest BCUT2D eigenvalue weighted by molar-refractivity contribution is -0.0531. The first-order valence-corrected chi connectivity index (χ1v) is 7.60. The number of hydrogen-bond donors (Lipinski definition) is 0. The second kappa shape index (κ2) is 5.72. The topological polar surface area (TPSA) is 24.8 Å². The van der Waals surface area contributed by atoms with Crippen LogP contribution >= 0.6 is 0 Å². The van der Waals surface area contributed by atoms with Gasteiger partial charge < -0.3 is 9.64 Å². The van der Waals surface area contributed by atoms with Crippen LogP contribution in [0.5, 0.6) is 0 Å². The van der Waals surface area contributed by atoms with Crippen LogP contribution in [0.4, 0.5) is 0 Å². The third kappa shape index (κ3) is 2.98. The molecular weight excluding hydrogens is 248 g/mol. The highest BCUT2D eigenvalue weighted by Gasteiger charge is 2.46. The number of hydrogen-bond acceptors (Lipinski definition) is 2. The molecule has 0 atom stereocenters. The summed E-state index contributed by atoms with van der Waals surface area (Å²) in [5, 5.41) is 0. The maximum absolute atomic E-state index is 5.49. The van der Waals surface area contributed by atoms with Crippen molar-refractivity contribution < 1.29 is 4.74 Å². The van der Waals surface area contributed by atoms with Gasteiger partial charge in [0.05, 0.1) is 0 Å². The summed E-state index contributed by atoms with van der Waals surface area (Å²) in [4.78, 5) is 6.98. The number of aliphatic imine (C=N–C) groups is 1. The van der Waals surface area contributed by atoms with Crippen LogP contribution < -0.4 is 0 Å². The van der Waals surface area contributed by atoms with Gasteiger partial charge in [-0.2, -0.15) is 0 Å². The Morgan fingerprint density at radius 3 is 2.30 bits per heavy atom. The zero-order valence-corrected chi connectivity index (χ0v) is 13.4. The van der Waals surface area contributed by atoms with Gasteiger partial charge in [0.15, 0.2) is 0 Å². The van der Waals surface area contributed by atoms with Gasteiger partial charge in [-0.15, -0.1) is 0 Å². The fourth-order valence-electron chi connectivity index (χ4n) is 3.34. The molecular formula is C17H28N2O. The molecule has 2 fully saturated rings. The Labute approximate surface area is 123 Å². The number of amidine groups is 1. The molecule has 2 heterocycles. The van der Waals surface area contributed by atoms with Crippen molar-refractivity contribution in [1.82, 2.24) is 4.90 Å². The molecule has 2 rings (SSSR count). The molecule has 0 bridgehead atoms. The van der Waals surface area contributed by atoms with E-state index in [1.54, 1.807) is 6.20 Å². The van der Waals surface area contributed by atoms with E-state index in [1.807, 2.05) is 0 Å². The van der Waals surface area contributed by atoms with Gasteiger partial charge in [0.2, 0.25) is 0 Å². The molecule has 20 heavy (non-hydrogen) atoms. The van der Waals surface area contributed by atoms with Crippen molar-refractivity contribution in [2.75, 3.05) is 26.3 Å². The van der Waals surface area contributed by atoms with Crippen LogP contribution in [0.1, 0.15) is 40.5 Å². The summed E-state index contributed by atoms with van der Waals surface area (Å²) in [5.74, 6) is 1.10. The Kier molecular flexibility index (Phi) is 4.38. The average molecular weight is 276 g/mol. The van der Waals surface area contributed by atoms with Crippen molar-refractivity contribution in [3.8, 4) is 0 Å². The summed E-state index contributed by atoms with van der Waals surface area (Å²) in [5.41, 5.74) is 1.88. The summed E-state index contributed by atoms with van der Waals surface area (Å²) in [6, 6.07) is 0. The van der Waals surface area contributed by atoms with E-state index in [4.69, 9.17) is 4.74 Å². The third-order valence-electron chi connectivity index (χ3n) is 4.46. The van der Waals surface area contributed by atoms with Gasteiger partial charge in [-0.25, -0.2) is 4.99 Å². The number of ether oxygens (including phenoxy) is 1. The molecule has 0 amide bonds. The van der Waals surface area contributed by atoms with Crippen LogP contribution in [-0.2, 0) is 4.74 Å². The summed E-state index contributed by atoms with van der Waals surface area (Å²) in [7, 11) is 0. The summed E-state index contributed by atoms with van der Waals surface area (Å²) in [6.45, 7) is 16.6. The standard InChI is InChI=1S/C17H28N2O/c1-6-14(16(3,4)5)15(18-7-2)19-12-17(13-19)8-10-20-11-9-17/h6-7H,2,8-13H2,1,3-5H3/b14-6+,18-15+. The van der Waals surface area contributed by atoms with Gasteiger partial charge in [-0.05, 0) is 30.8 Å². The van der Waals surface area contributed by atoms with Crippen LogP contribution in [0.3, 0.4) is 0 Å². The SMILES string of the molecule is C=C/N=C(\C(=C/C)C(C)(C)C)N1CC2(CCOCC2)C1. The van der Waals surface area contributed by atoms with E-state index >= 15 is 0 Å². The molecule has 2 aliphatic heterocycles. The predicted octanol–water partition coefficient (Wildman–Crippen LogP) is 3.63. The Hall–Kier alpha value is -1.09. The molecule has 0 aromatic rings. The van der Waals surface area contributed by atoms with E-state index < -0.39 is 0 Å². The van der Waals surface area contributed by atoms with Crippen molar-refractivity contribution in [2.45, 2.75) is 40.5 Å². The molecule has 0 saturated carbocycles. The van der Waals surface area contributed by atoms with Gasteiger partial charge >= 0.3 is 0 Å². The van der Waals surface area contributed by atoms with E-state index in [0.29, 0.717) is 5.41 Å². The summed E-state index contributed by atoms with van der Waals surface area (Å²) in [6.07, 6.45) is 6.23. The highest BCUT2D eigenvalue weighted by molar-refractivity contribution is 6.00. The van der Waals surface area contributed by atoms with Gasteiger partial charge in [0.25, 0.3) is 0 Å². The minimum absolute atomic E-state index is 0.106. The average Bonchev–Trinajstić information content (AvgIpc) is 2.35. The number of rotatable bonds is 2. The van der Waals surface area contributed by atoms with E-state index in [1.165, 1.54) is 18.4 Å². The second-order valence-corrected chi connectivity index (χ2v) is 7.06. The maximum Gasteiger partial charge on any atom is 0.131 e. The molecule has 0 aromatic carbocycles. The molecule has 0 aromatic heterocycles. The minimum atomic E-state index is 0.106. The number of nitrogens with zero attached hydrogens (tertiary/aromatic N) is 2. The molecule has 112 valence electrons. The molecule has 2 aliphatic rings. The number of allylic oxidation sites excluding steroid dienone is 1. The maximum atomic E-state index is 5.49. The van der Waals surface area contributed by atoms with Crippen LogP contribution in [0.15, 0.2) is 29.4 Å². The van der Waals surface area contributed by atoms with Crippen molar-refractivity contribution in [3.05, 3.63) is 24.4 Å². The number of likely N-dealkylation sites (tertiary alicyclic amines) is 1. The summed E-state index contributed by atoms with van der Waals surface area (Å²) < 4.78 is 5.49. The van der Waals surface area contributed by atoms with E-state index in [9.17, 15) is 0 Å². The molecule has 2 saturated heterocycles. The van der Waals surface area contributed by atoms with E-state index in [-0.39, 0.29) is 5.41 Å². The van der Waals surface area contributed by atoms with Gasteiger partial charge in [0.1, 0.15) is 5.84 Å². The Bertz CT molecular complexity index is 415. The van der Waals surface area contributed by atoms with Crippen molar-refractivity contribution in [2.24, 2.45) is 15.8 Å². The molecule has 0 unspecified atom stereocenters. The highest BCUT2D eigenvalue weighted by Crippen LogP contribution is 2.42. The van der Waals surface area contributed by atoms with E-state index in [2.05, 4.69) is 50.2 Å². The Morgan fingerprint density at radius 1 is 1.25 bits per heavy atom. The van der Waals surface area contributed by atoms with E-state index in [0.717, 1.165) is 32.1 Å². The van der Waals surface area contributed by atoms with Crippen molar-refractivity contribution in [3.63, 3.8) is 0 Å². The Morgan fingerprint density at radius 2 is 1.85 bits per heavy atom. The first kappa shape index (κ1) is 15.3. The summed E-state index contributed by atoms with van der Waals surface area (Å²) >= 11 is 0. The van der Waals surface area contributed by atoms with Crippen LogP contribution in [0.2, 0.25) is 0 Å². The molecule has 3 nitrogen and oxygen atoms in total. The molecule has 0 radical (unpaired) electrons. The lowest BCUT2D eigenvalue weighted by atomic mass is 9.72. The minimum Gasteiger partial charge on any atom is -0.381 e. The fraction of sp³-hybridized carbons (Fsp3) is 0.706. The normalized spacial score (nSPS) is 23.7. The lowest BCUT2D eigenvalue weighted by Gasteiger charge is -2.54. The predicted molar refractivity (Wildman–Crippen MR) is 84.9 cm³/mol. The third-order valence-corrected chi connectivity index (χ3v) is 4.46. The van der Waals surface area contributed by atoms with Gasteiger partial charge in [-0.1, -0.05) is 33.4 Å². The lowest BCUT2D eigenvalue weighted by Crippen LogP contribution is -2.61. The second-order valence-electron chi connectivity index (χ2n) is 7.06. The van der Waals surface area contributed by atoms with Crippen molar-refractivity contribution in [1.29, 1.82) is 0 Å². The van der Waals surface area contributed by atoms with Crippen molar-refractivity contribution >= 4 is 5.84 Å². The molecule has 1 spiro atoms. The molecule has 0 aliphatic carbocycles. The first-order valence-electron chi connectivity index (χ1n) is 7.60. The fourth-order valence-corrected chi connectivity index (χ4v) is 3.34. The molecule has 0 N–H and O–H groups in total.